The van der Waals surface area contributed by atoms with E-state index in [1.54, 1.807) is 24.3 Å². The Kier molecular flexibility index (Phi) is 6.69. The Balaban J connectivity index is 1.66. The summed E-state index contributed by atoms with van der Waals surface area (Å²) in [5.74, 6) is 0.686. The van der Waals surface area contributed by atoms with Crippen molar-refractivity contribution in [2.75, 3.05) is 11.9 Å². The summed E-state index contributed by atoms with van der Waals surface area (Å²) in [6, 6.07) is 13.6. The number of hydrogen-bond donors (Lipinski definition) is 2. The molecule has 1 heterocycles. The first kappa shape index (κ1) is 21.0. The van der Waals surface area contributed by atoms with Gasteiger partial charge in [0.05, 0.1) is 4.90 Å². The standard InChI is InChI=1S/C22H27N3O3S/c1-16(2)17-7-9-18(10-8-17)22(26)24-19-11-13-20(14-12-19)29(27,28)25-21-6-4-3-5-15-23-21/h7-14,16H,3-6,15H2,1-2H3,(H,23,25)(H,24,26). The average molecular weight is 414 g/mol. The number of rotatable bonds is 5. The third-order valence-corrected chi connectivity index (χ3v) is 6.29. The van der Waals surface area contributed by atoms with Gasteiger partial charge in [-0.2, -0.15) is 0 Å². The third-order valence-electron chi connectivity index (χ3n) is 4.89. The van der Waals surface area contributed by atoms with Crippen molar-refractivity contribution >= 4 is 27.5 Å². The van der Waals surface area contributed by atoms with Crippen molar-refractivity contribution in [3.63, 3.8) is 0 Å². The number of amides is 1. The maximum absolute atomic E-state index is 12.6. The monoisotopic (exact) mass is 413 g/mol. The van der Waals surface area contributed by atoms with E-state index < -0.39 is 10.0 Å². The fourth-order valence-electron chi connectivity index (χ4n) is 3.11. The van der Waals surface area contributed by atoms with Gasteiger partial charge in [0.15, 0.2) is 0 Å². The fraction of sp³-hybridized carbons (Fsp3) is 0.364. The molecule has 0 saturated heterocycles. The van der Waals surface area contributed by atoms with E-state index in [4.69, 9.17) is 0 Å². The Morgan fingerprint density at radius 1 is 0.966 bits per heavy atom. The minimum atomic E-state index is -3.68. The van der Waals surface area contributed by atoms with Gasteiger partial charge < -0.3 is 5.32 Å². The molecule has 3 rings (SSSR count). The van der Waals surface area contributed by atoms with Crippen LogP contribution in [-0.2, 0) is 10.0 Å². The van der Waals surface area contributed by atoms with Crippen LogP contribution in [0.25, 0.3) is 0 Å². The Labute approximate surface area is 172 Å². The molecule has 29 heavy (non-hydrogen) atoms. The fourth-order valence-corrected chi connectivity index (χ4v) is 4.20. The summed E-state index contributed by atoms with van der Waals surface area (Å²) in [5, 5.41) is 2.80. The lowest BCUT2D eigenvalue weighted by Gasteiger charge is -2.11. The Morgan fingerprint density at radius 2 is 1.66 bits per heavy atom. The average Bonchev–Trinajstić information content (AvgIpc) is 2.96. The van der Waals surface area contributed by atoms with Crippen LogP contribution in [0.1, 0.15) is 61.4 Å². The van der Waals surface area contributed by atoms with E-state index in [1.807, 2.05) is 12.1 Å². The number of nitrogens with zero attached hydrogens (tertiary/aromatic N) is 1. The number of carbonyl (C=O) groups excluding carboxylic acids is 1. The minimum absolute atomic E-state index is 0.142. The largest absolute Gasteiger partial charge is 0.322 e. The first-order valence-electron chi connectivity index (χ1n) is 9.93. The molecule has 0 fully saturated rings. The van der Waals surface area contributed by atoms with Crippen LogP contribution >= 0.6 is 0 Å². The van der Waals surface area contributed by atoms with E-state index in [2.05, 4.69) is 28.9 Å². The van der Waals surface area contributed by atoms with Gasteiger partial charge in [0, 0.05) is 24.2 Å². The molecule has 2 N–H and O–H groups in total. The van der Waals surface area contributed by atoms with Crippen molar-refractivity contribution in [3.8, 4) is 0 Å². The quantitative estimate of drug-likeness (QED) is 0.765. The van der Waals surface area contributed by atoms with Gasteiger partial charge >= 0.3 is 0 Å². The number of sulfonamides is 1. The highest BCUT2D eigenvalue weighted by atomic mass is 32.2. The van der Waals surface area contributed by atoms with Crippen molar-refractivity contribution in [1.82, 2.24) is 4.72 Å². The molecule has 154 valence electrons. The molecule has 0 atom stereocenters. The first-order chi connectivity index (χ1) is 13.8. The lowest BCUT2D eigenvalue weighted by molar-refractivity contribution is 0.102. The second kappa shape index (κ2) is 9.22. The molecule has 0 aliphatic carbocycles. The van der Waals surface area contributed by atoms with Gasteiger partial charge in [0.2, 0.25) is 0 Å². The maximum atomic E-state index is 12.6. The van der Waals surface area contributed by atoms with E-state index in [-0.39, 0.29) is 10.8 Å². The van der Waals surface area contributed by atoms with E-state index in [9.17, 15) is 13.2 Å². The van der Waals surface area contributed by atoms with Crippen LogP contribution in [0.15, 0.2) is 58.4 Å². The van der Waals surface area contributed by atoms with Crippen molar-refractivity contribution in [3.05, 3.63) is 59.7 Å². The molecule has 6 nitrogen and oxygen atoms in total. The Morgan fingerprint density at radius 3 is 2.31 bits per heavy atom. The summed E-state index contributed by atoms with van der Waals surface area (Å²) in [4.78, 5) is 16.9. The summed E-state index contributed by atoms with van der Waals surface area (Å²) in [6.07, 6.45) is 3.62. The SMILES string of the molecule is CC(C)c1ccc(C(=O)Nc2ccc(S(=O)(=O)NC3=NCCCCC3)cc2)cc1. The molecule has 0 bridgehead atoms. The lowest BCUT2D eigenvalue weighted by Crippen LogP contribution is -2.30. The number of hydrogen-bond acceptors (Lipinski definition) is 4. The van der Waals surface area contributed by atoms with Crippen molar-refractivity contribution in [2.24, 2.45) is 4.99 Å². The van der Waals surface area contributed by atoms with Gasteiger partial charge in [-0.3, -0.25) is 14.5 Å². The molecule has 2 aromatic rings. The zero-order valence-electron chi connectivity index (χ0n) is 16.8. The van der Waals surface area contributed by atoms with Crippen LogP contribution in [0.2, 0.25) is 0 Å². The second-order valence-corrected chi connectivity index (χ2v) is 9.18. The smallest absolute Gasteiger partial charge is 0.262 e. The molecule has 0 saturated carbocycles. The first-order valence-corrected chi connectivity index (χ1v) is 11.4. The van der Waals surface area contributed by atoms with Crippen molar-refractivity contribution in [2.45, 2.75) is 50.3 Å². The number of anilines is 1. The molecule has 0 unspecified atom stereocenters. The van der Waals surface area contributed by atoms with Gasteiger partial charge in [-0.1, -0.05) is 32.4 Å². The number of benzene rings is 2. The molecule has 0 aromatic heterocycles. The number of amidine groups is 1. The Bertz CT molecular complexity index is 979. The van der Waals surface area contributed by atoms with Gasteiger partial charge in [0.1, 0.15) is 5.84 Å². The molecule has 2 aromatic carbocycles. The van der Waals surface area contributed by atoms with Crippen LogP contribution in [0.3, 0.4) is 0 Å². The van der Waals surface area contributed by atoms with Crippen LogP contribution in [-0.4, -0.2) is 26.7 Å². The molecule has 0 spiro atoms. The molecular formula is C22H27N3O3S. The molecule has 1 amide bonds. The summed E-state index contributed by atoms with van der Waals surface area (Å²) in [6.45, 7) is 4.85. The highest BCUT2D eigenvalue weighted by Crippen LogP contribution is 2.18. The normalized spacial score (nSPS) is 14.8. The van der Waals surface area contributed by atoms with Gasteiger partial charge in [0.25, 0.3) is 15.9 Å². The van der Waals surface area contributed by atoms with Crippen LogP contribution < -0.4 is 10.0 Å². The minimum Gasteiger partial charge on any atom is -0.322 e. The summed E-state index contributed by atoms with van der Waals surface area (Å²) >= 11 is 0. The molecule has 1 aliphatic heterocycles. The maximum Gasteiger partial charge on any atom is 0.262 e. The Hall–Kier alpha value is -2.67. The third kappa shape index (κ3) is 5.67. The van der Waals surface area contributed by atoms with E-state index in [0.717, 1.165) is 19.3 Å². The molecule has 0 radical (unpaired) electrons. The van der Waals surface area contributed by atoms with Gasteiger partial charge in [-0.05, 0) is 60.7 Å². The van der Waals surface area contributed by atoms with Crippen LogP contribution in [0, 0.1) is 0 Å². The number of aliphatic imine (C=N–C) groups is 1. The van der Waals surface area contributed by atoms with Gasteiger partial charge in [-0.25, -0.2) is 8.42 Å². The molecule has 1 aliphatic rings. The summed E-state index contributed by atoms with van der Waals surface area (Å²) < 4.78 is 27.7. The van der Waals surface area contributed by atoms with E-state index in [1.165, 1.54) is 17.7 Å². The predicted octanol–water partition coefficient (Wildman–Crippen LogP) is 4.31. The van der Waals surface area contributed by atoms with Crippen LogP contribution in [0.5, 0.6) is 0 Å². The highest BCUT2D eigenvalue weighted by Gasteiger charge is 2.17. The topological polar surface area (TPSA) is 87.6 Å². The number of carbonyl (C=O) groups is 1. The highest BCUT2D eigenvalue weighted by molar-refractivity contribution is 7.90. The molecule has 7 heteroatoms. The van der Waals surface area contributed by atoms with Crippen LogP contribution in [0.4, 0.5) is 5.69 Å². The van der Waals surface area contributed by atoms with Crippen molar-refractivity contribution < 1.29 is 13.2 Å². The predicted molar refractivity (Wildman–Crippen MR) is 116 cm³/mol. The summed E-state index contributed by atoms with van der Waals surface area (Å²) in [7, 11) is -3.68. The summed E-state index contributed by atoms with van der Waals surface area (Å²) in [5.41, 5.74) is 2.26. The van der Waals surface area contributed by atoms with E-state index >= 15 is 0 Å². The molecular weight excluding hydrogens is 386 g/mol. The zero-order chi connectivity index (χ0) is 20.9. The van der Waals surface area contributed by atoms with Crippen molar-refractivity contribution in [1.29, 1.82) is 0 Å². The second-order valence-electron chi connectivity index (χ2n) is 7.50. The lowest BCUT2D eigenvalue weighted by atomic mass is 10.0. The van der Waals surface area contributed by atoms with E-state index in [0.29, 0.717) is 36.0 Å². The van der Waals surface area contributed by atoms with Gasteiger partial charge in [-0.15, -0.1) is 0 Å². The number of nitrogens with one attached hydrogen (secondary N) is 2. The zero-order valence-corrected chi connectivity index (χ0v) is 17.6.